The molecule has 3 nitrogen and oxygen atoms in total. The van der Waals surface area contributed by atoms with Crippen molar-refractivity contribution in [2.45, 2.75) is 26.4 Å². The summed E-state index contributed by atoms with van der Waals surface area (Å²) in [5.74, 6) is 1.93. The van der Waals surface area contributed by atoms with Gasteiger partial charge in [0.15, 0.2) is 0 Å². The van der Waals surface area contributed by atoms with Crippen LogP contribution in [0.15, 0.2) is 27.4 Å². The minimum atomic E-state index is 0.223. The van der Waals surface area contributed by atoms with E-state index >= 15 is 0 Å². The molecule has 0 aliphatic rings. The number of aryl methyl sites for hydroxylation is 1. The Bertz CT molecular complexity index is 408. The molecule has 0 spiro atoms. The highest BCUT2D eigenvalue weighted by Gasteiger charge is 2.08. The average molecular weight is 222 g/mol. The maximum atomic E-state index is 5.53. The number of aromatic nitrogens is 1. The van der Waals surface area contributed by atoms with Gasteiger partial charge in [0.05, 0.1) is 17.2 Å². The Morgan fingerprint density at radius 2 is 2.40 bits per heavy atom. The second-order valence-corrected chi connectivity index (χ2v) is 4.25. The smallest absolute Gasteiger partial charge is 0.120 e. The van der Waals surface area contributed by atoms with Gasteiger partial charge in [-0.1, -0.05) is 0 Å². The van der Waals surface area contributed by atoms with Gasteiger partial charge in [0.25, 0.3) is 0 Å². The third kappa shape index (κ3) is 2.67. The Hall–Kier alpha value is -1.13. The molecule has 0 aliphatic carbocycles. The van der Waals surface area contributed by atoms with Crippen LogP contribution in [0.1, 0.15) is 30.2 Å². The van der Waals surface area contributed by atoms with Gasteiger partial charge in [-0.15, -0.1) is 11.3 Å². The van der Waals surface area contributed by atoms with Crippen LogP contribution < -0.4 is 5.32 Å². The summed E-state index contributed by atoms with van der Waals surface area (Å²) in [5.41, 5.74) is 2.92. The highest BCUT2D eigenvalue weighted by molar-refractivity contribution is 7.07. The quantitative estimate of drug-likeness (QED) is 0.864. The summed E-state index contributed by atoms with van der Waals surface area (Å²) in [7, 11) is 0. The van der Waals surface area contributed by atoms with Gasteiger partial charge in [-0.3, -0.25) is 0 Å². The van der Waals surface area contributed by atoms with Crippen LogP contribution in [-0.4, -0.2) is 4.98 Å². The molecule has 2 aromatic rings. The van der Waals surface area contributed by atoms with E-state index in [0.29, 0.717) is 0 Å². The predicted molar refractivity (Wildman–Crippen MR) is 60.8 cm³/mol. The molecule has 0 radical (unpaired) electrons. The van der Waals surface area contributed by atoms with Crippen molar-refractivity contribution < 1.29 is 4.42 Å². The number of rotatable bonds is 4. The van der Waals surface area contributed by atoms with Crippen LogP contribution in [0.4, 0.5) is 0 Å². The molecule has 0 bridgehead atoms. The molecule has 0 saturated heterocycles. The molecule has 0 aliphatic heterocycles. The van der Waals surface area contributed by atoms with Crippen molar-refractivity contribution in [3.63, 3.8) is 0 Å². The number of thiazole rings is 1. The first-order valence-corrected chi connectivity index (χ1v) is 5.87. The molecule has 1 unspecified atom stereocenters. The summed E-state index contributed by atoms with van der Waals surface area (Å²) in [6.07, 6.45) is 0. The lowest BCUT2D eigenvalue weighted by Gasteiger charge is -2.09. The lowest BCUT2D eigenvalue weighted by Crippen LogP contribution is -2.17. The summed E-state index contributed by atoms with van der Waals surface area (Å²) in [6.45, 7) is 4.83. The largest absolute Gasteiger partial charge is 0.465 e. The van der Waals surface area contributed by atoms with Crippen molar-refractivity contribution in [1.29, 1.82) is 0 Å². The first-order valence-electron chi connectivity index (χ1n) is 4.92. The van der Waals surface area contributed by atoms with Crippen molar-refractivity contribution >= 4 is 11.3 Å². The van der Waals surface area contributed by atoms with Gasteiger partial charge in [-0.2, -0.15) is 0 Å². The van der Waals surface area contributed by atoms with Crippen LogP contribution in [0.25, 0.3) is 0 Å². The highest BCUT2D eigenvalue weighted by atomic mass is 32.1. The van der Waals surface area contributed by atoms with E-state index < -0.39 is 0 Å². The fourth-order valence-electron chi connectivity index (χ4n) is 1.37. The van der Waals surface area contributed by atoms with Crippen molar-refractivity contribution in [1.82, 2.24) is 10.3 Å². The third-order valence-electron chi connectivity index (χ3n) is 2.26. The van der Waals surface area contributed by atoms with Gasteiger partial charge in [0.1, 0.15) is 11.5 Å². The van der Waals surface area contributed by atoms with Gasteiger partial charge < -0.3 is 9.73 Å². The zero-order valence-electron chi connectivity index (χ0n) is 8.86. The highest BCUT2D eigenvalue weighted by Crippen LogP contribution is 2.16. The third-order valence-corrected chi connectivity index (χ3v) is 2.90. The van der Waals surface area contributed by atoms with Crippen LogP contribution in [0.3, 0.4) is 0 Å². The van der Waals surface area contributed by atoms with E-state index in [1.165, 1.54) is 0 Å². The van der Waals surface area contributed by atoms with Crippen molar-refractivity contribution in [3.8, 4) is 0 Å². The number of nitrogens with zero attached hydrogens (tertiary/aromatic N) is 1. The van der Waals surface area contributed by atoms with E-state index in [0.717, 1.165) is 23.8 Å². The molecule has 0 amide bonds. The van der Waals surface area contributed by atoms with E-state index in [2.05, 4.69) is 17.2 Å². The maximum Gasteiger partial charge on any atom is 0.120 e. The first kappa shape index (κ1) is 10.4. The van der Waals surface area contributed by atoms with Gasteiger partial charge in [0.2, 0.25) is 0 Å². The van der Waals surface area contributed by atoms with Crippen LogP contribution >= 0.6 is 11.3 Å². The predicted octanol–water partition coefficient (Wildman–Crippen LogP) is 2.90. The Morgan fingerprint density at radius 1 is 1.53 bits per heavy atom. The Labute approximate surface area is 93.2 Å². The molecule has 15 heavy (non-hydrogen) atoms. The lowest BCUT2D eigenvalue weighted by molar-refractivity contribution is 0.415. The average Bonchev–Trinajstić information content (AvgIpc) is 2.84. The normalized spacial score (nSPS) is 12.9. The fraction of sp³-hybridized carbons (Fsp3) is 0.364. The number of hydrogen-bond acceptors (Lipinski definition) is 4. The Kier molecular flexibility index (Phi) is 3.18. The molecule has 1 N–H and O–H groups in total. The van der Waals surface area contributed by atoms with Crippen LogP contribution in [-0.2, 0) is 6.54 Å². The van der Waals surface area contributed by atoms with E-state index in [9.17, 15) is 0 Å². The maximum absolute atomic E-state index is 5.53. The number of nitrogens with one attached hydrogen (secondary N) is 1. The molecule has 2 aromatic heterocycles. The van der Waals surface area contributed by atoms with Gasteiger partial charge in [-0.25, -0.2) is 4.98 Å². The standard InChI is InChI=1S/C11H14N2OS/c1-8-3-4-11(14-8)9(2)12-5-10-6-15-7-13-10/h3-4,6-7,9,12H,5H2,1-2H3. The molecule has 2 rings (SSSR count). The minimum Gasteiger partial charge on any atom is -0.465 e. The van der Waals surface area contributed by atoms with Crippen LogP contribution in [0.2, 0.25) is 0 Å². The second-order valence-electron chi connectivity index (χ2n) is 3.53. The number of furan rings is 1. The molecule has 0 saturated carbocycles. The van der Waals surface area contributed by atoms with Crippen LogP contribution in [0, 0.1) is 6.92 Å². The van der Waals surface area contributed by atoms with Gasteiger partial charge in [-0.05, 0) is 26.0 Å². The van der Waals surface area contributed by atoms with E-state index in [1.807, 2.05) is 29.9 Å². The topological polar surface area (TPSA) is 38.1 Å². The number of hydrogen-bond donors (Lipinski definition) is 1. The summed E-state index contributed by atoms with van der Waals surface area (Å²) >= 11 is 1.62. The monoisotopic (exact) mass is 222 g/mol. The van der Waals surface area contributed by atoms with E-state index in [1.54, 1.807) is 11.3 Å². The Morgan fingerprint density at radius 3 is 3.00 bits per heavy atom. The molecule has 1 atom stereocenters. The molecule has 0 fully saturated rings. The zero-order chi connectivity index (χ0) is 10.7. The summed E-state index contributed by atoms with van der Waals surface area (Å²) in [4.78, 5) is 4.21. The SMILES string of the molecule is Cc1ccc(C(C)NCc2cscn2)o1. The second kappa shape index (κ2) is 4.59. The summed E-state index contributed by atoms with van der Waals surface area (Å²) in [5, 5.41) is 5.41. The summed E-state index contributed by atoms with van der Waals surface area (Å²) < 4.78 is 5.53. The first-order chi connectivity index (χ1) is 7.25. The minimum absolute atomic E-state index is 0.223. The van der Waals surface area contributed by atoms with Crippen molar-refractivity contribution in [2.24, 2.45) is 0 Å². The molecule has 0 aromatic carbocycles. The van der Waals surface area contributed by atoms with Crippen molar-refractivity contribution in [3.05, 3.63) is 40.2 Å². The zero-order valence-corrected chi connectivity index (χ0v) is 9.67. The van der Waals surface area contributed by atoms with E-state index in [4.69, 9.17) is 4.42 Å². The van der Waals surface area contributed by atoms with Gasteiger partial charge in [0, 0.05) is 11.9 Å². The fourth-order valence-corrected chi connectivity index (χ4v) is 1.93. The molecular weight excluding hydrogens is 208 g/mol. The summed E-state index contributed by atoms with van der Waals surface area (Å²) in [6, 6.07) is 4.21. The van der Waals surface area contributed by atoms with Gasteiger partial charge >= 0.3 is 0 Å². The van der Waals surface area contributed by atoms with E-state index in [-0.39, 0.29) is 6.04 Å². The molecule has 2 heterocycles. The lowest BCUT2D eigenvalue weighted by atomic mass is 10.2. The molecular formula is C11H14N2OS. The Balaban J connectivity index is 1.90. The molecule has 4 heteroatoms. The molecule has 80 valence electrons. The van der Waals surface area contributed by atoms with Crippen LogP contribution in [0.5, 0.6) is 0 Å². The van der Waals surface area contributed by atoms with Crippen molar-refractivity contribution in [2.75, 3.05) is 0 Å².